The highest BCUT2D eigenvalue weighted by molar-refractivity contribution is 5.79. The van der Waals surface area contributed by atoms with Crippen LogP contribution in [0.25, 0.3) is 0 Å². The molecule has 1 saturated heterocycles. The number of nitrogens with zero attached hydrogens (tertiary/aromatic N) is 4. The lowest BCUT2D eigenvalue weighted by molar-refractivity contribution is -0.131. The fourth-order valence-corrected chi connectivity index (χ4v) is 2.60. The van der Waals surface area contributed by atoms with Gasteiger partial charge in [0, 0.05) is 12.7 Å². The summed E-state index contributed by atoms with van der Waals surface area (Å²) in [4.78, 5) is 18.7. The molecule has 20 heavy (non-hydrogen) atoms. The summed E-state index contributed by atoms with van der Waals surface area (Å²) in [5.74, 6) is 0.0527. The Bertz CT molecular complexity index is 596. The number of hydrogen-bond donors (Lipinski definition) is 0. The highest BCUT2D eigenvalue weighted by atomic mass is 16.6. The first-order chi connectivity index (χ1) is 9.75. The zero-order chi connectivity index (χ0) is 13.9. The Morgan fingerprint density at radius 2 is 2.35 bits per heavy atom. The van der Waals surface area contributed by atoms with Gasteiger partial charge in [0.15, 0.2) is 0 Å². The maximum atomic E-state index is 12.4. The van der Waals surface area contributed by atoms with Crippen LogP contribution in [0.1, 0.15) is 36.0 Å². The molecule has 1 amide bonds. The predicted octanol–water partition coefficient (Wildman–Crippen LogP) is 1.68. The molecule has 0 radical (unpaired) electrons. The van der Waals surface area contributed by atoms with Gasteiger partial charge in [0.25, 0.3) is 0 Å². The highest BCUT2D eigenvalue weighted by Crippen LogP contribution is 2.31. The van der Waals surface area contributed by atoms with Crippen LogP contribution in [0.4, 0.5) is 0 Å². The fourth-order valence-electron chi connectivity index (χ4n) is 2.60. The Kier molecular flexibility index (Phi) is 3.45. The van der Waals surface area contributed by atoms with Crippen molar-refractivity contribution >= 4 is 5.91 Å². The molecule has 6 nitrogen and oxygen atoms in total. The lowest BCUT2D eigenvalue weighted by Crippen LogP contribution is -2.32. The van der Waals surface area contributed by atoms with Gasteiger partial charge in [-0.3, -0.25) is 9.78 Å². The van der Waals surface area contributed by atoms with Crippen LogP contribution < -0.4 is 0 Å². The molecule has 1 fully saturated rings. The third kappa shape index (κ3) is 2.41. The number of rotatable bonds is 3. The number of pyridine rings is 1. The molecule has 1 aliphatic rings. The maximum Gasteiger partial charge on any atom is 0.229 e. The molecule has 6 heteroatoms. The Balaban J connectivity index is 1.75. The van der Waals surface area contributed by atoms with Crippen LogP contribution in [0.2, 0.25) is 0 Å². The zero-order valence-corrected chi connectivity index (χ0v) is 11.3. The van der Waals surface area contributed by atoms with Gasteiger partial charge in [0.1, 0.15) is 11.4 Å². The average molecular weight is 272 g/mol. The lowest BCUT2D eigenvalue weighted by Gasteiger charge is -2.24. The van der Waals surface area contributed by atoms with E-state index in [2.05, 4.69) is 19.9 Å². The Morgan fingerprint density at radius 1 is 1.45 bits per heavy atom. The van der Waals surface area contributed by atoms with E-state index >= 15 is 0 Å². The van der Waals surface area contributed by atoms with Crippen molar-refractivity contribution in [3.63, 3.8) is 0 Å². The van der Waals surface area contributed by atoms with Crippen LogP contribution in [-0.2, 0) is 11.2 Å². The van der Waals surface area contributed by atoms with Gasteiger partial charge >= 0.3 is 0 Å². The third-order valence-corrected chi connectivity index (χ3v) is 3.67. The van der Waals surface area contributed by atoms with Crippen molar-refractivity contribution in [1.29, 1.82) is 0 Å². The Morgan fingerprint density at radius 3 is 3.05 bits per heavy atom. The third-order valence-electron chi connectivity index (χ3n) is 3.67. The van der Waals surface area contributed by atoms with Gasteiger partial charge in [-0.15, -0.1) is 0 Å². The van der Waals surface area contributed by atoms with E-state index in [1.54, 1.807) is 13.1 Å². The van der Waals surface area contributed by atoms with Crippen molar-refractivity contribution in [3.05, 3.63) is 41.5 Å². The van der Waals surface area contributed by atoms with Crippen molar-refractivity contribution < 1.29 is 9.42 Å². The second-order valence-electron chi connectivity index (χ2n) is 4.97. The van der Waals surface area contributed by atoms with E-state index < -0.39 is 0 Å². The number of aryl methyl sites for hydroxylation is 1. The molecule has 0 aromatic carbocycles. The van der Waals surface area contributed by atoms with E-state index in [4.69, 9.17) is 0 Å². The molecule has 1 atom stereocenters. The second-order valence-corrected chi connectivity index (χ2v) is 4.97. The molecule has 0 saturated carbocycles. The van der Waals surface area contributed by atoms with Crippen molar-refractivity contribution in [3.8, 4) is 0 Å². The molecule has 3 rings (SSSR count). The van der Waals surface area contributed by atoms with Gasteiger partial charge in [-0.05, 0) is 31.9 Å². The fraction of sp³-hybridized carbons (Fsp3) is 0.429. The van der Waals surface area contributed by atoms with Gasteiger partial charge in [-0.25, -0.2) is 4.63 Å². The van der Waals surface area contributed by atoms with E-state index in [0.717, 1.165) is 25.1 Å². The molecule has 0 spiro atoms. The summed E-state index contributed by atoms with van der Waals surface area (Å²) in [7, 11) is 0. The summed E-state index contributed by atoms with van der Waals surface area (Å²) in [6, 6.07) is 5.88. The van der Waals surface area contributed by atoms with E-state index in [-0.39, 0.29) is 18.4 Å². The minimum atomic E-state index is 0.0527. The normalized spacial score (nSPS) is 18.4. The van der Waals surface area contributed by atoms with Crippen LogP contribution in [0.5, 0.6) is 0 Å². The Hall–Kier alpha value is -2.24. The smallest absolute Gasteiger partial charge is 0.229 e. The molecule has 104 valence electrons. The quantitative estimate of drug-likeness (QED) is 0.850. The largest absolute Gasteiger partial charge is 0.334 e. The van der Waals surface area contributed by atoms with E-state index in [9.17, 15) is 4.79 Å². The topological polar surface area (TPSA) is 72.1 Å². The molecule has 2 aromatic heterocycles. The van der Waals surface area contributed by atoms with Crippen LogP contribution in [-0.4, -0.2) is 32.6 Å². The molecule has 0 bridgehead atoms. The van der Waals surface area contributed by atoms with Gasteiger partial charge in [0.2, 0.25) is 5.91 Å². The lowest BCUT2D eigenvalue weighted by atomic mass is 10.1. The number of carbonyl (C=O) groups is 1. The summed E-state index contributed by atoms with van der Waals surface area (Å²) in [6.07, 6.45) is 3.96. The summed E-state index contributed by atoms with van der Waals surface area (Å²) in [5, 5.41) is 7.48. The minimum Gasteiger partial charge on any atom is -0.334 e. The molecule has 0 N–H and O–H groups in total. The summed E-state index contributed by atoms with van der Waals surface area (Å²) in [6.45, 7) is 2.56. The van der Waals surface area contributed by atoms with Crippen LogP contribution in [0.15, 0.2) is 29.0 Å². The molecule has 1 aliphatic heterocycles. The van der Waals surface area contributed by atoms with Crippen molar-refractivity contribution in [1.82, 2.24) is 20.2 Å². The van der Waals surface area contributed by atoms with Crippen LogP contribution in [0.3, 0.4) is 0 Å². The number of likely N-dealkylation sites (tertiary alicyclic amines) is 1. The predicted molar refractivity (Wildman–Crippen MR) is 70.7 cm³/mol. The van der Waals surface area contributed by atoms with Crippen LogP contribution >= 0.6 is 0 Å². The number of carbonyl (C=O) groups excluding carboxylic acids is 1. The van der Waals surface area contributed by atoms with E-state index in [1.807, 2.05) is 23.1 Å². The number of hydrogen-bond acceptors (Lipinski definition) is 5. The molecular formula is C14H16N4O2. The maximum absolute atomic E-state index is 12.4. The average Bonchev–Trinajstić information content (AvgIpc) is 3.09. The first-order valence-electron chi connectivity index (χ1n) is 6.74. The Labute approximate surface area is 116 Å². The van der Waals surface area contributed by atoms with Gasteiger partial charge < -0.3 is 4.90 Å². The SMILES string of the molecule is Cc1nonc1CC(=O)N1CCC[C@@H]1c1ccccn1. The monoisotopic (exact) mass is 272 g/mol. The second kappa shape index (κ2) is 5.40. The number of amides is 1. The van der Waals surface area contributed by atoms with E-state index in [1.165, 1.54) is 0 Å². The van der Waals surface area contributed by atoms with E-state index in [0.29, 0.717) is 11.4 Å². The summed E-state index contributed by atoms with van der Waals surface area (Å²) >= 11 is 0. The van der Waals surface area contributed by atoms with Gasteiger partial charge in [0.05, 0.1) is 18.2 Å². The first kappa shape index (κ1) is 12.8. The summed E-state index contributed by atoms with van der Waals surface area (Å²) in [5.41, 5.74) is 2.24. The molecule has 0 aliphatic carbocycles. The highest BCUT2D eigenvalue weighted by Gasteiger charge is 2.31. The molecule has 0 unspecified atom stereocenters. The standard InChI is InChI=1S/C14H16N4O2/c1-10-12(17-20-16-10)9-14(19)18-8-4-6-13(18)11-5-2-3-7-15-11/h2-3,5,7,13H,4,6,8-9H2,1H3/t13-/m1/s1. The minimum absolute atomic E-state index is 0.0527. The molecule has 2 aromatic rings. The van der Waals surface area contributed by atoms with Crippen LogP contribution in [0, 0.1) is 6.92 Å². The van der Waals surface area contributed by atoms with Crippen molar-refractivity contribution in [2.45, 2.75) is 32.2 Å². The van der Waals surface area contributed by atoms with Crippen molar-refractivity contribution in [2.24, 2.45) is 0 Å². The molecular weight excluding hydrogens is 256 g/mol. The van der Waals surface area contributed by atoms with Gasteiger partial charge in [-0.2, -0.15) is 0 Å². The summed E-state index contributed by atoms with van der Waals surface area (Å²) < 4.78 is 4.64. The number of aromatic nitrogens is 3. The molecule has 3 heterocycles. The van der Waals surface area contributed by atoms with Crippen molar-refractivity contribution in [2.75, 3.05) is 6.54 Å². The van der Waals surface area contributed by atoms with Gasteiger partial charge in [-0.1, -0.05) is 16.4 Å². The first-order valence-corrected chi connectivity index (χ1v) is 6.74. The zero-order valence-electron chi connectivity index (χ0n) is 11.3.